The maximum atomic E-state index is 4.64. The van der Waals surface area contributed by atoms with Gasteiger partial charge >= 0.3 is 0 Å². The normalized spacial score (nSPS) is 23.4. The minimum Gasteiger partial charge on any atom is -0.353 e. The van der Waals surface area contributed by atoms with Crippen molar-refractivity contribution in [3.05, 3.63) is 35.9 Å². The van der Waals surface area contributed by atoms with E-state index in [2.05, 4.69) is 41.5 Å². The first kappa shape index (κ1) is 12.0. The second-order valence-electron chi connectivity index (χ2n) is 4.98. The lowest BCUT2D eigenvalue weighted by Gasteiger charge is -2.17. The fraction of sp³-hybridized carbons (Fsp3) is 0.500. The molecule has 17 heavy (non-hydrogen) atoms. The molecule has 3 nitrogen and oxygen atoms in total. The lowest BCUT2D eigenvalue weighted by molar-refractivity contribution is 0.573. The third kappa shape index (κ3) is 3.48. The van der Waals surface area contributed by atoms with E-state index < -0.39 is 0 Å². The maximum absolute atomic E-state index is 4.64. The van der Waals surface area contributed by atoms with Crippen LogP contribution >= 0.6 is 0 Å². The number of benzene rings is 1. The molecule has 1 fully saturated rings. The summed E-state index contributed by atoms with van der Waals surface area (Å²) >= 11 is 0. The van der Waals surface area contributed by atoms with Gasteiger partial charge in [0, 0.05) is 20.1 Å². The summed E-state index contributed by atoms with van der Waals surface area (Å²) in [5.41, 5.74) is 1.25. The van der Waals surface area contributed by atoms with Gasteiger partial charge in [0.05, 0.1) is 6.54 Å². The summed E-state index contributed by atoms with van der Waals surface area (Å²) in [6.45, 7) is 3.00. The van der Waals surface area contributed by atoms with Gasteiger partial charge in [0.15, 0.2) is 5.96 Å². The average molecular weight is 231 g/mol. The van der Waals surface area contributed by atoms with Gasteiger partial charge in [-0.2, -0.15) is 0 Å². The van der Waals surface area contributed by atoms with Crippen LogP contribution in [0.15, 0.2) is 35.3 Å². The Bertz CT molecular complexity index is 384. The van der Waals surface area contributed by atoms with E-state index in [1.54, 1.807) is 0 Å². The van der Waals surface area contributed by atoms with Crippen molar-refractivity contribution in [2.45, 2.75) is 25.9 Å². The Morgan fingerprint density at radius 3 is 2.53 bits per heavy atom. The van der Waals surface area contributed by atoms with Crippen LogP contribution in [0.4, 0.5) is 0 Å². The van der Waals surface area contributed by atoms with Gasteiger partial charge in [0.1, 0.15) is 0 Å². The van der Waals surface area contributed by atoms with Crippen LogP contribution in [-0.2, 0) is 6.54 Å². The number of guanidine groups is 1. The van der Waals surface area contributed by atoms with Gasteiger partial charge in [-0.3, -0.25) is 0 Å². The van der Waals surface area contributed by atoms with Crippen LogP contribution < -0.4 is 5.32 Å². The quantitative estimate of drug-likeness (QED) is 0.637. The first-order chi connectivity index (χ1) is 8.16. The molecule has 2 unspecified atom stereocenters. The highest BCUT2D eigenvalue weighted by molar-refractivity contribution is 5.80. The number of nitrogens with one attached hydrogen (secondary N) is 1. The number of rotatable bonds is 3. The van der Waals surface area contributed by atoms with Crippen molar-refractivity contribution >= 4 is 5.96 Å². The summed E-state index contributed by atoms with van der Waals surface area (Å²) in [6, 6.07) is 11.0. The topological polar surface area (TPSA) is 27.6 Å². The standard InChI is InChI=1S/C14H21N3/c1-11-9-13(11)16-14(17(2)3)15-10-12-7-5-4-6-8-12/h4-8,11,13H,9-10H2,1-3H3,(H,15,16). The van der Waals surface area contributed by atoms with E-state index in [1.165, 1.54) is 12.0 Å². The Labute approximate surface area is 104 Å². The largest absolute Gasteiger partial charge is 0.353 e. The van der Waals surface area contributed by atoms with E-state index in [4.69, 9.17) is 0 Å². The van der Waals surface area contributed by atoms with Crippen molar-refractivity contribution in [1.29, 1.82) is 0 Å². The zero-order valence-corrected chi connectivity index (χ0v) is 10.9. The zero-order valence-electron chi connectivity index (χ0n) is 10.9. The molecular weight excluding hydrogens is 210 g/mol. The Balaban J connectivity index is 1.95. The van der Waals surface area contributed by atoms with E-state index >= 15 is 0 Å². The van der Waals surface area contributed by atoms with Gasteiger partial charge in [0.2, 0.25) is 0 Å². The molecule has 1 aromatic rings. The number of nitrogens with zero attached hydrogens (tertiary/aromatic N) is 2. The summed E-state index contributed by atoms with van der Waals surface area (Å²) in [5, 5.41) is 3.49. The minimum atomic E-state index is 0.618. The molecule has 1 N–H and O–H groups in total. The fourth-order valence-corrected chi connectivity index (χ4v) is 1.75. The summed E-state index contributed by atoms with van der Waals surface area (Å²) in [4.78, 5) is 6.69. The molecule has 1 saturated carbocycles. The average Bonchev–Trinajstić information content (AvgIpc) is 3.01. The van der Waals surface area contributed by atoms with Crippen LogP contribution in [0, 0.1) is 5.92 Å². The highest BCUT2D eigenvalue weighted by atomic mass is 15.3. The third-order valence-electron chi connectivity index (χ3n) is 3.10. The second kappa shape index (κ2) is 5.21. The van der Waals surface area contributed by atoms with Crippen LogP contribution in [0.3, 0.4) is 0 Å². The molecule has 1 aliphatic rings. The molecule has 0 heterocycles. The van der Waals surface area contributed by atoms with Gasteiger partial charge in [-0.15, -0.1) is 0 Å². The molecule has 3 heteroatoms. The second-order valence-corrected chi connectivity index (χ2v) is 4.98. The maximum Gasteiger partial charge on any atom is 0.193 e. The third-order valence-corrected chi connectivity index (χ3v) is 3.10. The van der Waals surface area contributed by atoms with Crippen molar-refractivity contribution in [3.8, 4) is 0 Å². The lowest BCUT2D eigenvalue weighted by Crippen LogP contribution is -2.38. The van der Waals surface area contributed by atoms with Crippen molar-refractivity contribution in [1.82, 2.24) is 10.2 Å². The highest BCUT2D eigenvalue weighted by Gasteiger charge is 2.33. The molecule has 2 rings (SSSR count). The number of hydrogen-bond acceptors (Lipinski definition) is 1. The van der Waals surface area contributed by atoms with Gasteiger partial charge in [-0.25, -0.2) is 4.99 Å². The van der Waals surface area contributed by atoms with Crippen molar-refractivity contribution < 1.29 is 0 Å². The van der Waals surface area contributed by atoms with E-state index in [0.29, 0.717) is 6.04 Å². The molecule has 0 saturated heterocycles. The highest BCUT2D eigenvalue weighted by Crippen LogP contribution is 2.28. The van der Waals surface area contributed by atoms with Crippen LogP contribution in [0.25, 0.3) is 0 Å². The summed E-state index contributed by atoms with van der Waals surface area (Å²) in [5.74, 6) is 1.78. The SMILES string of the molecule is CC1CC1NC(=NCc1ccccc1)N(C)C. The molecule has 0 spiro atoms. The molecule has 0 radical (unpaired) electrons. The molecule has 2 atom stereocenters. The fourth-order valence-electron chi connectivity index (χ4n) is 1.75. The predicted octanol–water partition coefficient (Wildman–Crippen LogP) is 2.10. The molecule has 92 valence electrons. The lowest BCUT2D eigenvalue weighted by atomic mass is 10.2. The first-order valence-corrected chi connectivity index (χ1v) is 6.19. The van der Waals surface area contributed by atoms with E-state index in [1.807, 2.05) is 25.1 Å². The van der Waals surface area contributed by atoms with Gasteiger partial charge in [0.25, 0.3) is 0 Å². The van der Waals surface area contributed by atoms with Crippen LogP contribution in [0.1, 0.15) is 18.9 Å². The van der Waals surface area contributed by atoms with E-state index in [-0.39, 0.29) is 0 Å². The Morgan fingerprint density at radius 1 is 1.35 bits per heavy atom. The molecule has 1 aliphatic carbocycles. The Kier molecular flexibility index (Phi) is 3.67. The predicted molar refractivity (Wildman–Crippen MR) is 72.0 cm³/mol. The summed E-state index contributed by atoms with van der Waals surface area (Å²) in [7, 11) is 4.06. The monoisotopic (exact) mass is 231 g/mol. The van der Waals surface area contributed by atoms with E-state index in [0.717, 1.165) is 18.4 Å². The van der Waals surface area contributed by atoms with Crippen LogP contribution in [0.2, 0.25) is 0 Å². The van der Waals surface area contributed by atoms with Crippen molar-refractivity contribution in [3.63, 3.8) is 0 Å². The molecule has 0 aromatic heterocycles. The molecule has 0 amide bonds. The Hall–Kier alpha value is -1.51. The minimum absolute atomic E-state index is 0.618. The smallest absolute Gasteiger partial charge is 0.193 e. The van der Waals surface area contributed by atoms with Crippen molar-refractivity contribution in [2.24, 2.45) is 10.9 Å². The number of aliphatic imine (C=N–C) groups is 1. The Morgan fingerprint density at radius 2 is 2.00 bits per heavy atom. The molecule has 1 aromatic carbocycles. The zero-order chi connectivity index (χ0) is 12.3. The van der Waals surface area contributed by atoms with Gasteiger partial charge < -0.3 is 10.2 Å². The first-order valence-electron chi connectivity index (χ1n) is 6.19. The van der Waals surface area contributed by atoms with Crippen LogP contribution in [0.5, 0.6) is 0 Å². The molecule has 0 bridgehead atoms. The molecule has 0 aliphatic heterocycles. The van der Waals surface area contributed by atoms with Crippen LogP contribution in [-0.4, -0.2) is 31.0 Å². The summed E-state index contributed by atoms with van der Waals surface area (Å²) < 4.78 is 0. The van der Waals surface area contributed by atoms with Gasteiger partial charge in [-0.05, 0) is 17.9 Å². The van der Waals surface area contributed by atoms with Crippen molar-refractivity contribution in [2.75, 3.05) is 14.1 Å². The number of hydrogen-bond donors (Lipinski definition) is 1. The molecular formula is C14H21N3. The van der Waals surface area contributed by atoms with E-state index in [9.17, 15) is 0 Å². The summed E-state index contributed by atoms with van der Waals surface area (Å²) in [6.07, 6.45) is 1.26. The van der Waals surface area contributed by atoms with Gasteiger partial charge in [-0.1, -0.05) is 37.3 Å².